The van der Waals surface area contributed by atoms with Gasteiger partial charge in [0.25, 0.3) is 0 Å². The van der Waals surface area contributed by atoms with Gasteiger partial charge < -0.3 is 4.90 Å². The lowest BCUT2D eigenvalue weighted by Crippen LogP contribution is -2.20. The molecule has 0 aromatic carbocycles. The minimum absolute atomic E-state index is 0.785. The van der Waals surface area contributed by atoms with Crippen molar-refractivity contribution in [3.05, 3.63) is 22.3 Å². The fourth-order valence-corrected chi connectivity index (χ4v) is 1.80. The number of rotatable bonds is 5. The number of aromatic nitrogens is 1. The normalized spacial score (nSPS) is 10.9. The standard InChI is InChI=1S/C13H21BrN2/c1-10(2)6-5-7-16(4)13-8-11(3)12(14)9-15-13/h8-10H,5-7H2,1-4H3. The lowest BCUT2D eigenvalue weighted by atomic mass is 10.1. The summed E-state index contributed by atoms with van der Waals surface area (Å²) >= 11 is 3.47. The van der Waals surface area contributed by atoms with Crippen LogP contribution in [0.3, 0.4) is 0 Å². The molecule has 0 spiro atoms. The molecule has 0 aliphatic heterocycles. The first kappa shape index (κ1) is 13.5. The van der Waals surface area contributed by atoms with E-state index in [1.165, 1.54) is 18.4 Å². The van der Waals surface area contributed by atoms with E-state index in [1.54, 1.807) is 0 Å². The zero-order chi connectivity index (χ0) is 12.1. The molecule has 1 rings (SSSR count). The number of anilines is 1. The molecule has 0 aliphatic rings. The first-order chi connectivity index (χ1) is 7.50. The zero-order valence-corrected chi connectivity index (χ0v) is 12.2. The predicted octanol–water partition coefficient (Wildman–Crippen LogP) is 4.02. The van der Waals surface area contributed by atoms with Crippen LogP contribution in [-0.2, 0) is 0 Å². The molecular formula is C13H21BrN2. The van der Waals surface area contributed by atoms with Gasteiger partial charge in [-0.15, -0.1) is 0 Å². The molecule has 2 nitrogen and oxygen atoms in total. The molecule has 0 saturated carbocycles. The Bertz CT molecular complexity index is 337. The second-order valence-electron chi connectivity index (χ2n) is 4.75. The monoisotopic (exact) mass is 284 g/mol. The molecule has 16 heavy (non-hydrogen) atoms. The summed E-state index contributed by atoms with van der Waals surface area (Å²) in [5, 5.41) is 0. The number of hydrogen-bond donors (Lipinski definition) is 0. The highest BCUT2D eigenvalue weighted by Crippen LogP contribution is 2.19. The van der Waals surface area contributed by atoms with Crippen LogP contribution in [0.5, 0.6) is 0 Å². The lowest BCUT2D eigenvalue weighted by Gasteiger charge is -2.19. The Labute approximate surface area is 107 Å². The van der Waals surface area contributed by atoms with Gasteiger partial charge >= 0.3 is 0 Å². The highest BCUT2D eigenvalue weighted by Gasteiger charge is 2.04. The molecule has 0 aliphatic carbocycles. The number of aryl methyl sites for hydroxylation is 1. The van der Waals surface area contributed by atoms with E-state index in [-0.39, 0.29) is 0 Å². The van der Waals surface area contributed by atoms with E-state index in [0.29, 0.717) is 0 Å². The summed E-state index contributed by atoms with van der Waals surface area (Å²) in [6.45, 7) is 7.70. The topological polar surface area (TPSA) is 16.1 Å². The minimum Gasteiger partial charge on any atom is -0.360 e. The first-order valence-corrected chi connectivity index (χ1v) is 6.63. The summed E-state index contributed by atoms with van der Waals surface area (Å²) in [6, 6.07) is 2.12. The van der Waals surface area contributed by atoms with E-state index < -0.39 is 0 Å². The third-order valence-electron chi connectivity index (χ3n) is 2.70. The molecule has 0 saturated heterocycles. The Morgan fingerprint density at radius 3 is 2.69 bits per heavy atom. The quantitative estimate of drug-likeness (QED) is 0.812. The molecule has 1 heterocycles. The van der Waals surface area contributed by atoms with E-state index >= 15 is 0 Å². The average Bonchev–Trinajstić information content (AvgIpc) is 2.21. The van der Waals surface area contributed by atoms with Crippen molar-refractivity contribution < 1.29 is 0 Å². The minimum atomic E-state index is 0.785. The highest BCUT2D eigenvalue weighted by molar-refractivity contribution is 9.10. The molecule has 1 aromatic rings. The van der Waals surface area contributed by atoms with Crippen molar-refractivity contribution in [3.8, 4) is 0 Å². The fourth-order valence-electron chi connectivity index (χ4n) is 1.58. The maximum absolute atomic E-state index is 4.42. The first-order valence-electron chi connectivity index (χ1n) is 5.84. The predicted molar refractivity (Wildman–Crippen MR) is 74.0 cm³/mol. The second kappa shape index (κ2) is 6.24. The van der Waals surface area contributed by atoms with Crippen LogP contribution < -0.4 is 4.90 Å². The van der Waals surface area contributed by atoms with Gasteiger partial charge in [-0.3, -0.25) is 0 Å². The van der Waals surface area contributed by atoms with Crippen molar-refractivity contribution in [2.24, 2.45) is 5.92 Å². The number of nitrogens with zero attached hydrogens (tertiary/aromatic N) is 2. The Hall–Kier alpha value is -0.570. The molecule has 0 bridgehead atoms. The summed E-state index contributed by atoms with van der Waals surface area (Å²) in [4.78, 5) is 6.64. The van der Waals surface area contributed by atoms with Gasteiger partial charge in [-0.05, 0) is 53.2 Å². The maximum atomic E-state index is 4.42. The number of hydrogen-bond acceptors (Lipinski definition) is 2. The Morgan fingerprint density at radius 2 is 2.12 bits per heavy atom. The average molecular weight is 285 g/mol. The molecule has 0 fully saturated rings. The van der Waals surface area contributed by atoms with E-state index in [1.807, 2.05) is 6.20 Å². The smallest absolute Gasteiger partial charge is 0.128 e. The summed E-state index contributed by atoms with van der Waals surface area (Å²) in [7, 11) is 2.11. The van der Waals surface area contributed by atoms with Crippen LogP contribution in [0.2, 0.25) is 0 Å². The van der Waals surface area contributed by atoms with Gasteiger partial charge in [0.2, 0.25) is 0 Å². The Balaban J connectivity index is 2.52. The molecule has 0 atom stereocenters. The van der Waals surface area contributed by atoms with Crippen LogP contribution in [0.1, 0.15) is 32.3 Å². The maximum Gasteiger partial charge on any atom is 0.128 e. The molecule has 0 radical (unpaired) electrons. The van der Waals surface area contributed by atoms with E-state index in [2.05, 4.69) is 59.7 Å². The van der Waals surface area contributed by atoms with Gasteiger partial charge in [0.15, 0.2) is 0 Å². The van der Waals surface area contributed by atoms with Gasteiger partial charge in [-0.1, -0.05) is 13.8 Å². The van der Waals surface area contributed by atoms with Crippen molar-refractivity contribution in [1.29, 1.82) is 0 Å². The fraction of sp³-hybridized carbons (Fsp3) is 0.615. The molecule has 0 amide bonds. The summed E-state index contributed by atoms with van der Waals surface area (Å²) in [5.74, 6) is 1.84. The van der Waals surface area contributed by atoms with Gasteiger partial charge in [0, 0.05) is 24.3 Å². The van der Waals surface area contributed by atoms with Crippen LogP contribution in [0.4, 0.5) is 5.82 Å². The molecule has 90 valence electrons. The van der Waals surface area contributed by atoms with Gasteiger partial charge in [-0.2, -0.15) is 0 Å². The Kier molecular flexibility index (Phi) is 5.26. The van der Waals surface area contributed by atoms with Crippen LogP contribution in [0, 0.1) is 12.8 Å². The molecular weight excluding hydrogens is 264 g/mol. The van der Waals surface area contributed by atoms with Crippen molar-refractivity contribution >= 4 is 21.7 Å². The molecule has 3 heteroatoms. The van der Waals surface area contributed by atoms with Crippen LogP contribution >= 0.6 is 15.9 Å². The van der Waals surface area contributed by atoms with Crippen molar-refractivity contribution in [2.75, 3.05) is 18.5 Å². The molecule has 1 aromatic heterocycles. The largest absolute Gasteiger partial charge is 0.360 e. The Morgan fingerprint density at radius 1 is 1.44 bits per heavy atom. The van der Waals surface area contributed by atoms with Gasteiger partial charge in [0.1, 0.15) is 5.82 Å². The van der Waals surface area contributed by atoms with E-state index in [0.717, 1.165) is 22.8 Å². The van der Waals surface area contributed by atoms with E-state index in [9.17, 15) is 0 Å². The number of pyridine rings is 1. The highest BCUT2D eigenvalue weighted by atomic mass is 79.9. The third-order valence-corrected chi connectivity index (χ3v) is 3.53. The summed E-state index contributed by atoms with van der Waals surface area (Å²) in [6.07, 6.45) is 4.38. The zero-order valence-electron chi connectivity index (χ0n) is 10.6. The SMILES string of the molecule is Cc1cc(N(C)CCCC(C)C)ncc1Br. The lowest BCUT2D eigenvalue weighted by molar-refractivity contribution is 0.555. The molecule has 0 unspecified atom stereocenters. The number of halogens is 1. The second-order valence-corrected chi connectivity index (χ2v) is 5.60. The van der Waals surface area contributed by atoms with Crippen LogP contribution in [0.15, 0.2) is 16.7 Å². The van der Waals surface area contributed by atoms with Crippen molar-refractivity contribution in [1.82, 2.24) is 4.98 Å². The van der Waals surface area contributed by atoms with E-state index in [4.69, 9.17) is 0 Å². The van der Waals surface area contributed by atoms with Crippen molar-refractivity contribution in [2.45, 2.75) is 33.6 Å². The van der Waals surface area contributed by atoms with Gasteiger partial charge in [0.05, 0.1) is 0 Å². The summed E-state index contributed by atoms with van der Waals surface area (Å²) < 4.78 is 1.08. The van der Waals surface area contributed by atoms with Crippen molar-refractivity contribution in [3.63, 3.8) is 0 Å². The van der Waals surface area contributed by atoms with Crippen LogP contribution in [0.25, 0.3) is 0 Å². The molecule has 0 N–H and O–H groups in total. The third kappa shape index (κ3) is 4.12. The van der Waals surface area contributed by atoms with Gasteiger partial charge in [-0.25, -0.2) is 4.98 Å². The van der Waals surface area contributed by atoms with Crippen LogP contribution in [-0.4, -0.2) is 18.6 Å². The summed E-state index contributed by atoms with van der Waals surface area (Å²) in [5.41, 5.74) is 1.24.